The van der Waals surface area contributed by atoms with Gasteiger partial charge >= 0.3 is 6.18 Å². The second-order valence-electron chi connectivity index (χ2n) is 7.28. The molecule has 0 saturated carbocycles. The average molecular weight is 343 g/mol. The summed E-state index contributed by atoms with van der Waals surface area (Å²) in [5, 5.41) is 0. The Hall–Kier alpha value is -1.79. The third-order valence-electron chi connectivity index (χ3n) is 4.30. The maximum absolute atomic E-state index is 13.2. The van der Waals surface area contributed by atoms with E-state index in [9.17, 15) is 18.0 Å². The molecule has 0 N–H and O–H groups in total. The fourth-order valence-electron chi connectivity index (χ4n) is 3.03. The molecular weight excluding hydrogens is 319 g/mol. The van der Waals surface area contributed by atoms with Crippen molar-refractivity contribution in [3.8, 4) is 0 Å². The Labute approximate surface area is 140 Å². The highest BCUT2D eigenvalue weighted by Gasteiger charge is 2.38. The molecule has 1 aliphatic rings. The maximum atomic E-state index is 13.2. The zero-order valence-electron chi connectivity index (χ0n) is 14.5. The number of carbonyl (C=O) groups is 1. The maximum Gasteiger partial charge on any atom is 0.419 e. The van der Waals surface area contributed by atoms with E-state index < -0.39 is 17.2 Å². The molecule has 0 aromatic carbocycles. The van der Waals surface area contributed by atoms with Crippen LogP contribution in [0.15, 0.2) is 18.3 Å². The van der Waals surface area contributed by atoms with Gasteiger partial charge in [0.05, 0.1) is 5.56 Å². The molecule has 7 heteroatoms. The van der Waals surface area contributed by atoms with Gasteiger partial charge in [-0.15, -0.1) is 0 Å². The van der Waals surface area contributed by atoms with Gasteiger partial charge in [-0.1, -0.05) is 20.8 Å². The van der Waals surface area contributed by atoms with Gasteiger partial charge in [0.1, 0.15) is 5.82 Å². The van der Waals surface area contributed by atoms with Gasteiger partial charge in [-0.25, -0.2) is 4.98 Å². The number of likely N-dealkylation sites (N-methyl/N-ethyl adjacent to an activating group) is 1. The summed E-state index contributed by atoms with van der Waals surface area (Å²) in [5.41, 5.74) is -1.24. The Morgan fingerprint density at radius 2 is 2.00 bits per heavy atom. The number of hydrogen-bond acceptors (Lipinski definition) is 3. The molecule has 0 spiro atoms. The van der Waals surface area contributed by atoms with E-state index in [1.165, 1.54) is 12.3 Å². The standard InChI is InChI=1S/C17H24F3N3O/c1-16(2,3)15(24)22(4)12-7-6-10-23(11-12)14-13(17(18,19)20)8-5-9-21-14/h5,8-9,12H,6-7,10-11H2,1-4H3. The second kappa shape index (κ2) is 6.61. The van der Waals surface area contributed by atoms with Gasteiger partial charge < -0.3 is 9.80 Å². The first kappa shape index (κ1) is 18.5. The Bertz CT molecular complexity index is 595. The van der Waals surface area contributed by atoms with Gasteiger partial charge in [-0.05, 0) is 25.0 Å². The number of aromatic nitrogens is 1. The number of anilines is 1. The van der Waals surface area contributed by atoms with Crippen molar-refractivity contribution in [2.75, 3.05) is 25.0 Å². The summed E-state index contributed by atoms with van der Waals surface area (Å²) in [6.07, 6.45) is -1.56. The Morgan fingerprint density at radius 3 is 2.58 bits per heavy atom. The molecule has 0 bridgehead atoms. The number of hydrogen-bond donors (Lipinski definition) is 0. The number of rotatable bonds is 2. The molecular formula is C17H24F3N3O. The van der Waals surface area contributed by atoms with E-state index in [-0.39, 0.29) is 17.8 Å². The zero-order valence-corrected chi connectivity index (χ0v) is 14.5. The number of alkyl halides is 3. The minimum Gasteiger partial charge on any atom is -0.354 e. The summed E-state index contributed by atoms with van der Waals surface area (Å²) < 4.78 is 39.6. The minimum absolute atomic E-state index is 0.00795. The van der Waals surface area contributed by atoms with E-state index in [4.69, 9.17) is 0 Å². The van der Waals surface area contributed by atoms with Crippen molar-refractivity contribution in [1.29, 1.82) is 0 Å². The minimum atomic E-state index is -4.44. The normalized spacial score (nSPS) is 19.3. The van der Waals surface area contributed by atoms with Crippen molar-refractivity contribution in [2.24, 2.45) is 5.41 Å². The summed E-state index contributed by atoms with van der Waals surface area (Å²) in [7, 11) is 1.73. The molecule has 0 radical (unpaired) electrons. The van der Waals surface area contributed by atoms with Gasteiger partial charge in [-0.3, -0.25) is 4.79 Å². The van der Waals surface area contributed by atoms with Gasteiger partial charge in [0.15, 0.2) is 0 Å². The lowest BCUT2D eigenvalue weighted by Gasteiger charge is -2.40. The van der Waals surface area contributed by atoms with Crippen LogP contribution in [-0.2, 0) is 11.0 Å². The first-order valence-corrected chi connectivity index (χ1v) is 8.06. The van der Waals surface area contributed by atoms with E-state index in [1.807, 2.05) is 20.8 Å². The Kier molecular flexibility index (Phi) is 5.11. The van der Waals surface area contributed by atoms with Crippen molar-refractivity contribution in [2.45, 2.75) is 45.8 Å². The third kappa shape index (κ3) is 3.99. The van der Waals surface area contributed by atoms with Crippen molar-refractivity contribution in [3.63, 3.8) is 0 Å². The van der Waals surface area contributed by atoms with Crippen LogP contribution in [-0.4, -0.2) is 42.0 Å². The van der Waals surface area contributed by atoms with Gasteiger partial charge in [0.2, 0.25) is 5.91 Å². The molecule has 1 atom stereocenters. The van der Waals surface area contributed by atoms with Crippen LogP contribution < -0.4 is 4.90 Å². The topological polar surface area (TPSA) is 36.4 Å². The lowest BCUT2D eigenvalue weighted by Crippen LogP contribution is -2.51. The zero-order chi connectivity index (χ0) is 18.1. The van der Waals surface area contributed by atoms with E-state index >= 15 is 0 Å². The molecule has 1 fully saturated rings. The van der Waals surface area contributed by atoms with E-state index in [0.717, 1.165) is 18.9 Å². The van der Waals surface area contributed by atoms with Crippen molar-refractivity contribution in [3.05, 3.63) is 23.9 Å². The number of pyridine rings is 1. The number of halogens is 3. The van der Waals surface area contributed by atoms with Crippen LogP contribution in [0.1, 0.15) is 39.2 Å². The van der Waals surface area contributed by atoms with Gasteiger partial charge in [0, 0.05) is 37.8 Å². The largest absolute Gasteiger partial charge is 0.419 e. The van der Waals surface area contributed by atoms with Crippen molar-refractivity contribution in [1.82, 2.24) is 9.88 Å². The number of amides is 1. The van der Waals surface area contributed by atoms with E-state index in [0.29, 0.717) is 13.1 Å². The molecule has 1 aromatic heterocycles. The lowest BCUT2D eigenvalue weighted by molar-refractivity contribution is -0.141. The molecule has 4 nitrogen and oxygen atoms in total. The molecule has 1 aliphatic heterocycles. The van der Waals surface area contributed by atoms with E-state index in [1.54, 1.807) is 16.8 Å². The van der Waals surface area contributed by atoms with E-state index in [2.05, 4.69) is 4.98 Å². The molecule has 2 heterocycles. The van der Waals surface area contributed by atoms with Gasteiger partial charge in [-0.2, -0.15) is 13.2 Å². The molecule has 134 valence electrons. The number of carbonyl (C=O) groups excluding carboxylic acids is 1. The quantitative estimate of drug-likeness (QED) is 0.824. The molecule has 0 aliphatic carbocycles. The highest BCUT2D eigenvalue weighted by Crippen LogP contribution is 2.36. The summed E-state index contributed by atoms with van der Waals surface area (Å²) in [5.74, 6) is -0.0577. The van der Waals surface area contributed by atoms with Crippen LogP contribution in [0.5, 0.6) is 0 Å². The molecule has 24 heavy (non-hydrogen) atoms. The van der Waals surface area contributed by atoms with Crippen molar-refractivity contribution >= 4 is 11.7 Å². The van der Waals surface area contributed by atoms with Crippen molar-refractivity contribution < 1.29 is 18.0 Å². The van der Waals surface area contributed by atoms with Crippen LogP contribution in [0.3, 0.4) is 0 Å². The van der Waals surface area contributed by atoms with Crippen LogP contribution in [0.25, 0.3) is 0 Å². The van der Waals surface area contributed by atoms with Crippen LogP contribution in [0, 0.1) is 5.41 Å². The Balaban J connectivity index is 2.22. The summed E-state index contributed by atoms with van der Waals surface area (Å²) in [6.45, 7) is 6.39. The summed E-state index contributed by atoms with van der Waals surface area (Å²) in [6, 6.07) is 2.23. The van der Waals surface area contributed by atoms with Crippen LogP contribution >= 0.6 is 0 Å². The predicted octanol–water partition coefficient (Wildman–Crippen LogP) is 3.57. The monoisotopic (exact) mass is 343 g/mol. The van der Waals surface area contributed by atoms with Crippen LogP contribution in [0.2, 0.25) is 0 Å². The molecule has 2 rings (SSSR count). The first-order valence-electron chi connectivity index (χ1n) is 8.06. The summed E-state index contributed by atoms with van der Waals surface area (Å²) >= 11 is 0. The molecule has 1 saturated heterocycles. The SMILES string of the molecule is CN(C(=O)C(C)(C)C)C1CCCN(c2ncccc2C(F)(F)F)C1. The number of piperidine rings is 1. The Morgan fingerprint density at radius 1 is 1.33 bits per heavy atom. The smallest absolute Gasteiger partial charge is 0.354 e. The molecule has 1 aromatic rings. The second-order valence-corrected chi connectivity index (χ2v) is 7.28. The molecule has 1 amide bonds. The highest BCUT2D eigenvalue weighted by atomic mass is 19.4. The summed E-state index contributed by atoms with van der Waals surface area (Å²) in [4.78, 5) is 19.7. The fraction of sp³-hybridized carbons (Fsp3) is 0.647. The number of nitrogens with zero attached hydrogens (tertiary/aromatic N) is 3. The third-order valence-corrected chi connectivity index (χ3v) is 4.30. The van der Waals surface area contributed by atoms with Crippen LogP contribution in [0.4, 0.5) is 19.0 Å². The fourth-order valence-corrected chi connectivity index (χ4v) is 3.03. The highest BCUT2D eigenvalue weighted by molar-refractivity contribution is 5.81. The molecule has 1 unspecified atom stereocenters. The first-order chi connectivity index (χ1) is 11.0. The predicted molar refractivity (Wildman–Crippen MR) is 86.7 cm³/mol. The average Bonchev–Trinajstić information content (AvgIpc) is 2.52. The van der Waals surface area contributed by atoms with Gasteiger partial charge in [0.25, 0.3) is 0 Å². The lowest BCUT2D eigenvalue weighted by atomic mass is 9.93.